The first-order chi connectivity index (χ1) is 8.22. The van der Waals surface area contributed by atoms with Gasteiger partial charge in [-0.15, -0.1) is 0 Å². The highest BCUT2D eigenvalue weighted by Crippen LogP contribution is 2.15. The van der Waals surface area contributed by atoms with Crippen LogP contribution in [0, 0.1) is 0 Å². The number of aromatic nitrogens is 3. The zero-order chi connectivity index (χ0) is 12.3. The summed E-state index contributed by atoms with van der Waals surface area (Å²) in [6.07, 6.45) is 4.27. The van der Waals surface area contributed by atoms with Crippen LogP contribution in [0.2, 0.25) is 5.02 Å². The lowest BCUT2D eigenvalue weighted by atomic mass is 10.2. The van der Waals surface area contributed by atoms with E-state index in [1.807, 2.05) is 0 Å². The molecule has 0 aromatic carbocycles. The maximum atomic E-state index is 12.0. The maximum absolute atomic E-state index is 12.0. The summed E-state index contributed by atoms with van der Waals surface area (Å²) < 4.78 is 4.96. The van der Waals surface area contributed by atoms with Crippen molar-refractivity contribution in [3.05, 3.63) is 47.1 Å². The number of methoxy groups -OCH3 is 1. The highest BCUT2D eigenvalue weighted by molar-refractivity contribution is 6.30. The topological polar surface area (TPSA) is 65.0 Å². The predicted octanol–water partition coefficient (Wildman–Crippen LogP) is 1.76. The van der Waals surface area contributed by atoms with Crippen molar-refractivity contribution in [1.29, 1.82) is 0 Å². The number of hydrogen-bond donors (Lipinski definition) is 0. The van der Waals surface area contributed by atoms with Gasteiger partial charge in [0.2, 0.25) is 11.7 Å². The number of ether oxygens (including phenoxy) is 1. The summed E-state index contributed by atoms with van der Waals surface area (Å²) >= 11 is 5.69. The van der Waals surface area contributed by atoms with Gasteiger partial charge in [0.05, 0.1) is 12.1 Å². The van der Waals surface area contributed by atoms with Crippen LogP contribution in [-0.2, 0) is 0 Å². The molecular weight excluding hydrogens is 242 g/mol. The molecule has 0 aliphatic heterocycles. The van der Waals surface area contributed by atoms with Gasteiger partial charge >= 0.3 is 0 Å². The molecule has 2 aromatic heterocycles. The Morgan fingerprint density at radius 2 is 2.00 bits per heavy atom. The summed E-state index contributed by atoms with van der Waals surface area (Å²) in [5.41, 5.74) is 0.373. The lowest BCUT2D eigenvalue weighted by molar-refractivity contribution is 0.102. The number of carbonyl (C=O) groups excluding carboxylic acids is 1. The van der Waals surface area contributed by atoms with E-state index in [0.29, 0.717) is 5.02 Å². The molecule has 17 heavy (non-hydrogen) atoms. The molecule has 0 fully saturated rings. The number of carbonyl (C=O) groups is 1. The standard InChI is InChI=1S/C11H8ClN3O2/c1-17-11-9(13-4-5-14-11)10(16)8-3-2-7(12)6-15-8/h2-6H,1H3. The Hall–Kier alpha value is -2.01. The van der Waals surface area contributed by atoms with E-state index in [1.54, 1.807) is 6.07 Å². The van der Waals surface area contributed by atoms with Crippen LogP contribution in [0.4, 0.5) is 0 Å². The summed E-state index contributed by atoms with van der Waals surface area (Å²) in [7, 11) is 1.43. The summed E-state index contributed by atoms with van der Waals surface area (Å²) in [6, 6.07) is 3.11. The molecule has 0 radical (unpaired) electrons. The van der Waals surface area contributed by atoms with Crippen molar-refractivity contribution in [2.45, 2.75) is 0 Å². The molecule has 6 heteroatoms. The van der Waals surface area contributed by atoms with E-state index in [1.165, 1.54) is 31.8 Å². The normalized spacial score (nSPS) is 10.0. The van der Waals surface area contributed by atoms with Gasteiger partial charge in [-0.25, -0.2) is 9.97 Å². The number of ketones is 1. The van der Waals surface area contributed by atoms with Gasteiger partial charge in [0.15, 0.2) is 5.69 Å². The van der Waals surface area contributed by atoms with Gasteiger partial charge in [-0.3, -0.25) is 9.78 Å². The first kappa shape index (κ1) is 11.5. The zero-order valence-electron chi connectivity index (χ0n) is 8.92. The first-order valence-electron chi connectivity index (χ1n) is 4.73. The Kier molecular flexibility index (Phi) is 3.30. The van der Waals surface area contributed by atoms with Crippen molar-refractivity contribution in [2.24, 2.45) is 0 Å². The largest absolute Gasteiger partial charge is 0.479 e. The maximum Gasteiger partial charge on any atom is 0.243 e. The first-order valence-corrected chi connectivity index (χ1v) is 5.11. The monoisotopic (exact) mass is 249 g/mol. The Bertz CT molecular complexity index is 543. The van der Waals surface area contributed by atoms with Crippen LogP contribution in [0.15, 0.2) is 30.7 Å². The summed E-state index contributed by atoms with van der Waals surface area (Å²) in [4.78, 5) is 23.8. The van der Waals surface area contributed by atoms with Gasteiger partial charge in [-0.1, -0.05) is 11.6 Å². The molecule has 0 amide bonds. The summed E-state index contributed by atoms with van der Waals surface area (Å²) in [5, 5.41) is 0.465. The van der Waals surface area contributed by atoms with E-state index >= 15 is 0 Å². The zero-order valence-corrected chi connectivity index (χ0v) is 9.68. The van der Waals surface area contributed by atoms with Gasteiger partial charge in [0.25, 0.3) is 0 Å². The van der Waals surface area contributed by atoms with E-state index < -0.39 is 0 Å². The van der Waals surface area contributed by atoms with E-state index in [4.69, 9.17) is 16.3 Å². The lowest BCUT2D eigenvalue weighted by Crippen LogP contribution is -2.09. The number of hydrogen-bond acceptors (Lipinski definition) is 5. The van der Waals surface area contributed by atoms with Crippen molar-refractivity contribution < 1.29 is 9.53 Å². The third-order valence-electron chi connectivity index (χ3n) is 2.03. The van der Waals surface area contributed by atoms with Gasteiger partial charge < -0.3 is 4.74 Å². The van der Waals surface area contributed by atoms with E-state index in [0.717, 1.165) is 0 Å². The van der Waals surface area contributed by atoms with Crippen molar-refractivity contribution in [3.8, 4) is 5.88 Å². The van der Waals surface area contributed by atoms with Crippen LogP contribution in [0.1, 0.15) is 16.2 Å². The molecule has 0 saturated carbocycles. The minimum atomic E-state index is -0.355. The SMILES string of the molecule is COc1nccnc1C(=O)c1ccc(Cl)cn1. The molecule has 86 valence electrons. The van der Waals surface area contributed by atoms with Crippen molar-refractivity contribution >= 4 is 17.4 Å². The van der Waals surface area contributed by atoms with E-state index in [9.17, 15) is 4.79 Å². The van der Waals surface area contributed by atoms with Crippen molar-refractivity contribution in [3.63, 3.8) is 0 Å². The lowest BCUT2D eigenvalue weighted by Gasteiger charge is -2.04. The molecule has 0 spiro atoms. The van der Waals surface area contributed by atoms with Gasteiger partial charge in [0.1, 0.15) is 5.69 Å². The van der Waals surface area contributed by atoms with Crippen molar-refractivity contribution in [2.75, 3.05) is 7.11 Å². The number of halogens is 1. The quantitative estimate of drug-likeness (QED) is 0.776. The van der Waals surface area contributed by atoms with Crippen LogP contribution >= 0.6 is 11.6 Å². The highest BCUT2D eigenvalue weighted by atomic mass is 35.5. The number of rotatable bonds is 3. The Morgan fingerprint density at radius 1 is 1.24 bits per heavy atom. The van der Waals surface area contributed by atoms with Crippen LogP contribution < -0.4 is 4.74 Å². The van der Waals surface area contributed by atoms with Gasteiger partial charge in [0, 0.05) is 18.6 Å². The van der Waals surface area contributed by atoms with Crippen LogP contribution in [0.3, 0.4) is 0 Å². The molecule has 0 saturated heterocycles. The molecular formula is C11H8ClN3O2. The molecule has 0 atom stereocenters. The molecule has 0 N–H and O–H groups in total. The second-order valence-electron chi connectivity index (χ2n) is 3.11. The Balaban J connectivity index is 2.40. The van der Waals surface area contributed by atoms with Crippen LogP contribution in [0.25, 0.3) is 0 Å². The second-order valence-corrected chi connectivity index (χ2v) is 3.54. The summed E-state index contributed by atoms with van der Waals surface area (Å²) in [6.45, 7) is 0. The molecule has 2 heterocycles. The molecule has 0 aliphatic carbocycles. The molecule has 0 bridgehead atoms. The van der Waals surface area contributed by atoms with E-state index in [-0.39, 0.29) is 23.1 Å². The number of pyridine rings is 1. The molecule has 2 aromatic rings. The molecule has 0 aliphatic rings. The molecule has 5 nitrogen and oxygen atoms in total. The Morgan fingerprint density at radius 3 is 2.65 bits per heavy atom. The van der Waals surface area contributed by atoms with E-state index in [2.05, 4.69) is 15.0 Å². The minimum absolute atomic E-state index is 0.129. The highest BCUT2D eigenvalue weighted by Gasteiger charge is 2.17. The van der Waals surface area contributed by atoms with Crippen LogP contribution in [-0.4, -0.2) is 27.8 Å². The Labute approximate surface area is 102 Å². The van der Waals surface area contributed by atoms with Gasteiger partial charge in [-0.05, 0) is 12.1 Å². The predicted molar refractivity (Wildman–Crippen MR) is 61.3 cm³/mol. The fourth-order valence-electron chi connectivity index (χ4n) is 1.26. The smallest absolute Gasteiger partial charge is 0.243 e. The third-order valence-corrected chi connectivity index (χ3v) is 2.26. The average molecular weight is 250 g/mol. The average Bonchev–Trinajstić information content (AvgIpc) is 2.39. The second kappa shape index (κ2) is 4.88. The van der Waals surface area contributed by atoms with Gasteiger partial charge in [-0.2, -0.15) is 0 Å². The number of nitrogens with zero attached hydrogens (tertiary/aromatic N) is 3. The fourth-order valence-corrected chi connectivity index (χ4v) is 1.37. The molecule has 2 rings (SSSR count). The molecule has 0 unspecified atom stereocenters. The minimum Gasteiger partial charge on any atom is -0.479 e. The fraction of sp³-hybridized carbons (Fsp3) is 0.0909. The third kappa shape index (κ3) is 2.39. The summed E-state index contributed by atoms with van der Waals surface area (Å²) in [5.74, 6) is -0.180. The van der Waals surface area contributed by atoms with Crippen molar-refractivity contribution in [1.82, 2.24) is 15.0 Å². The van der Waals surface area contributed by atoms with Crippen LogP contribution in [0.5, 0.6) is 5.88 Å².